The van der Waals surface area contributed by atoms with Gasteiger partial charge in [-0.2, -0.15) is 0 Å². The van der Waals surface area contributed by atoms with Crippen LogP contribution in [0.4, 0.5) is 0 Å². The molecule has 0 unspecified atom stereocenters. The number of nitrogens with one attached hydrogen (secondary N) is 1. The maximum Gasteiger partial charge on any atom is 0.360 e. The predicted molar refractivity (Wildman–Crippen MR) is 83.1 cm³/mol. The summed E-state index contributed by atoms with van der Waals surface area (Å²) in [5, 5.41) is 0. The quantitative estimate of drug-likeness (QED) is 0.710. The Morgan fingerprint density at radius 3 is 2.84 bits per heavy atom. The molecule has 0 saturated carbocycles. The molecule has 0 radical (unpaired) electrons. The fourth-order valence-corrected chi connectivity index (χ4v) is 2.51. The number of aromatic amines is 1. The van der Waals surface area contributed by atoms with E-state index >= 15 is 0 Å². The van der Waals surface area contributed by atoms with Crippen LogP contribution in [-0.2, 0) is 16.1 Å². The second kappa shape index (κ2) is 6.75. The third-order valence-electron chi connectivity index (χ3n) is 3.96. The van der Waals surface area contributed by atoms with Crippen molar-refractivity contribution in [3.63, 3.8) is 0 Å². The Labute approximate surface area is 141 Å². The molecule has 25 heavy (non-hydrogen) atoms. The molecular formula is C15H16N4O6. The number of aromatic nitrogens is 3. The highest BCUT2D eigenvalue weighted by molar-refractivity contribution is 5.86. The molecule has 0 aromatic carbocycles. The van der Waals surface area contributed by atoms with Crippen LogP contribution in [0.3, 0.4) is 0 Å². The number of likely N-dealkylation sites (tertiary alicyclic amines) is 1. The number of ether oxygens (including phenoxy) is 1. The first kappa shape index (κ1) is 16.7. The van der Waals surface area contributed by atoms with Gasteiger partial charge in [0, 0.05) is 38.3 Å². The monoisotopic (exact) mass is 348 g/mol. The van der Waals surface area contributed by atoms with Crippen LogP contribution >= 0.6 is 0 Å². The Morgan fingerprint density at radius 1 is 1.40 bits per heavy atom. The van der Waals surface area contributed by atoms with Crippen molar-refractivity contribution in [3.05, 3.63) is 50.9 Å². The number of carbonyl (C=O) groups is 2. The number of rotatable bonds is 5. The summed E-state index contributed by atoms with van der Waals surface area (Å²) >= 11 is 0. The molecule has 1 amide bonds. The van der Waals surface area contributed by atoms with Crippen LogP contribution in [0.5, 0.6) is 0 Å². The van der Waals surface area contributed by atoms with E-state index < -0.39 is 17.2 Å². The van der Waals surface area contributed by atoms with Crippen LogP contribution < -0.4 is 11.2 Å². The molecule has 10 nitrogen and oxygen atoms in total. The number of oxazole rings is 1. The third kappa shape index (κ3) is 3.52. The number of carbonyl (C=O) groups excluding carboxylic acids is 2. The third-order valence-corrected chi connectivity index (χ3v) is 3.96. The summed E-state index contributed by atoms with van der Waals surface area (Å²) in [7, 11) is 1.26. The zero-order chi connectivity index (χ0) is 18.0. The summed E-state index contributed by atoms with van der Waals surface area (Å²) in [5.74, 6) is -0.373. The van der Waals surface area contributed by atoms with Crippen molar-refractivity contribution < 1.29 is 18.7 Å². The topological polar surface area (TPSA) is 127 Å². The molecule has 1 aliphatic heterocycles. The van der Waals surface area contributed by atoms with Gasteiger partial charge in [-0.15, -0.1) is 0 Å². The molecule has 2 aromatic heterocycles. The van der Waals surface area contributed by atoms with Crippen LogP contribution in [0, 0.1) is 0 Å². The van der Waals surface area contributed by atoms with Gasteiger partial charge in [-0.25, -0.2) is 14.6 Å². The van der Waals surface area contributed by atoms with Crippen molar-refractivity contribution in [1.82, 2.24) is 19.4 Å². The number of H-pyrrole nitrogens is 1. The van der Waals surface area contributed by atoms with Gasteiger partial charge in [0.25, 0.3) is 5.56 Å². The zero-order valence-corrected chi connectivity index (χ0v) is 13.4. The standard InChI is InChI=1S/C15H16N4O6/c1-24-14(22)10-8-25-13(16-10)9-6-19(7-9)12(21)3-5-18-4-2-11(20)17-15(18)23/h2,4,8-9H,3,5-7H2,1H3,(H,17,20,23). The van der Waals surface area contributed by atoms with Crippen LogP contribution in [0.2, 0.25) is 0 Å². The van der Waals surface area contributed by atoms with Crippen molar-refractivity contribution in [2.45, 2.75) is 18.9 Å². The number of aryl methyl sites for hydroxylation is 1. The highest BCUT2D eigenvalue weighted by Gasteiger charge is 2.35. The van der Waals surface area contributed by atoms with Crippen LogP contribution in [0.15, 0.2) is 32.5 Å². The maximum atomic E-state index is 12.1. The fraction of sp³-hybridized carbons (Fsp3) is 0.400. The van der Waals surface area contributed by atoms with E-state index in [1.54, 1.807) is 4.90 Å². The van der Waals surface area contributed by atoms with E-state index in [-0.39, 0.29) is 30.5 Å². The van der Waals surface area contributed by atoms with E-state index in [2.05, 4.69) is 14.7 Å². The molecule has 0 spiro atoms. The normalized spacial score (nSPS) is 14.2. The average molecular weight is 348 g/mol. The van der Waals surface area contributed by atoms with Crippen molar-refractivity contribution in [2.75, 3.05) is 20.2 Å². The second-order valence-electron chi connectivity index (χ2n) is 5.61. The van der Waals surface area contributed by atoms with Gasteiger partial charge in [0.05, 0.1) is 13.0 Å². The molecule has 1 N–H and O–H groups in total. The number of hydrogen-bond acceptors (Lipinski definition) is 7. The lowest BCUT2D eigenvalue weighted by Gasteiger charge is -2.37. The summed E-state index contributed by atoms with van der Waals surface area (Å²) in [6.45, 7) is 1.04. The Morgan fingerprint density at radius 2 is 2.16 bits per heavy atom. The summed E-state index contributed by atoms with van der Waals surface area (Å²) in [5.41, 5.74) is -0.924. The van der Waals surface area contributed by atoms with Gasteiger partial charge in [0.1, 0.15) is 6.26 Å². The minimum atomic E-state index is -0.575. The van der Waals surface area contributed by atoms with Crippen LogP contribution in [0.25, 0.3) is 0 Å². The molecule has 1 saturated heterocycles. The molecule has 0 aliphatic carbocycles. The molecule has 10 heteroatoms. The summed E-state index contributed by atoms with van der Waals surface area (Å²) in [4.78, 5) is 53.8. The molecule has 3 rings (SSSR count). The van der Waals surface area contributed by atoms with Gasteiger partial charge in [-0.3, -0.25) is 14.6 Å². The lowest BCUT2D eigenvalue weighted by Crippen LogP contribution is -2.49. The number of methoxy groups -OCH3 is 1. The van der Waals surface area contributed by atoms with Gasteiger partial charge in [-0.05, 0) is 0 Å². The first-order valence-corrected chi connectivity index (χ1v) is 7.59. The SMILES string of the molecule is COC(=O)c1coc(C2CN(C(=O)CCn3ccc(=O)[nH]c3=O)C2)n1. The van der Waals surface area contributed by atoms with E-state index in [4.69, 9.17) is 4.42 Å². The fourth-order valence-electron chi connectivity index (χ4n) is 2.51. The van der Waals surface area contributed by atoms with E-state index in [9.17, 15) is 19.2 Å². The van der Waals surface area contributed by atoms with E-state index in [1.807, 2.05) is 0 Å². The average Bonchev–Trinajstić information content (AvgIpc) is 3.01. The van der Waals surface area contributed by atoms with Gasteiger partial charge >= 0.3 is 11.7 Å². The highest BCUT2D eigenvalue weighted by atomic mass is 16.5. The van der Waals surface area contributed by atoms with Crippen molar-refractivity contribution in [3.8, 4) is 0 Å². The Balaban J connectivity index is 1.51. The number of esters is 1. The molecule has 1 aliphatic rings. The van der Waals surface area contributed by atoms with E-state index in [1.165, 1.54) is 30.2 Å². The molecule has 0 atom stereocenters. The molecule has 132 valence electrons. The molecule has 3 heterocycles. The smallest absolute Gasteiger partial charge is 0.360 e. The Hall–Kier alpha value is -3.17. The van der Waals surface area contributed by atoms with Crippen molar-refractivity contribution in [1.29, 1.82) is 0 Å². The van der Waals surface area contributed by atoms with E-state index in [0.29, 0.717) is 19.0 Å². The molecule has 2 aromatic rings. The summed E-state index contributed by atoms with van der Waals surface area (Å²) in [6.07, 6.45) is 2.72. The largest absolute Gasteiger partial charge is 0.464 e. The number of nitrogens with zero attached hydrogens (tertiary/aromatic N) is 3. The Kier molecular flexibility index (Phi) is 4.50. The zero-order valence-electron chi connectivity index (χ0n) is 13.4. The van der Waals surface area contributed by atoms with Gasteiger partial charge < -0.3 is 18.6 Å². The minimum absolute atomic E-state index is 0.0711. The number of hydrogen-bond donors (Lipinski definition) is 1. The molecule has 0 bridgehead atoms. The van der Waals surface area contributed by atoms with Gasteiger partial charge in [0.2, 0.25) is 11.8 Å². The number of amides is 1. The lowest BCUT2D eigenvalue weighted by molar-refractivity contribution is -0.136. The van der Waals surface area contributed by atoms with E-state index in [0.717, 1.165) is 0 Å². The van der Waals surface area contributed by atoms with Gasteiger partial charge in [-0.1, -0.05) is 0 Å². The van der Waals surface area contributed by atoms with Crippen LogP contribution in [-0.4, -0.2) is 51.5 Å². The van der Waals surface area contributed by atoms with Crippen LogP contribution in [0.1, 0.15) is 28.7 Å². The minimum Gasteiger partial charge on any atom is -0.464 e. The van der Waals surface area contributed by atoms with Crippen molar-refractivity contribution >= 4 is 11.9 Å². The Bertz CT molecular complexity index is 905. The van der Waals surface area contributed by atoms with Gasteiger partial charge in [0.15, 0.2) is 5.69 Å². The summed E-state index contributed by atoms with van der Waals surface area (Å²) < 4.78 is 11.1. The predicted octanol–water partition coefficient (Wildman–Crippen LogP) is -0.673. The second-order valence-corrected chi connectivity index (χ2v) is 5.61. The lowest BCUT2D eigenvalue weighted by atomic mass is 9.99. The highest BCUT2D eigenvalue weighted by Crippen LogP contribution is 2.27. The summed E-state index contributed by atoms with van der Waals surface area (Å²) in [6, 6.07) is 1.23. The molecular weight excluding hydrogens is 332 g/mol. The first-order chi connectivity index (χ1) is 12.0. The maximum absolute atomic E-state index is 12.1. The molecule has 1 fully saturated rings. The first-order valence-electron chi connectivity index (χ1n) is 7.59. The van der Waals surface area contributed by atoms with Crippen molar-refractivity contribution in [2.24, 2.45) is 0 Å².